The molecule has 0 unspecified atom stereocenters. The van der Waals surface area contributed by atoms with Gasteiger partial charge in [-0.15, -0.1) is 0 Å². The van der Waals surface area contributed by atoms with Crippen molar-refractivity contribution in [3.05, 3.63) is 67.1 Å². The molecule has 1 saturated heterocycles. The molecule has 2 amide bonds. The molecule has 3 aromatic heterocycles. The van der Waals surface area contributed by atoms with Crippen molar-refractivity contribution in [3.8, 4) is 17.1 Å². The number of carbonyl (C=O) groups excluding carboxylic acids is 1. The van der Waals surface area contributed by atoms with Gasteiger partial charge in [-0.1, -0.05) is 6.07 Å². The summed E-state index contributed by atoms with van der Waals surface area (Å²) in [6, 6.07) is 15.1. The Hall–Kier alpha value is -3.98. The van der Waals surface area contributed by atoms with Crippen LogP contribution in [0.25, 0.3) is 22.6 Å². The van der Waals surface area contributed by atoms with E-state index in [9.17, 15) is 4.79 Å². The van der Waals surface area contributed by atoms with Crippen LogP contribution in [0.5, 0.6) is 5.75 Å². The van der Waals surface area contributed by atoms with Crippen molar-refractivity contribution in [1.82, 2.24) is 29.3 Å². The van der Waals surface area contributed by atoms with E-state index in [1.807, 2.05) is 53.4 Å². The molecule has 0 bridgehead atoms. The fraction of sp³-hybridized carbons (Fsp3) is 0.280. The lowest BCUT2D eigenvalue weighted by Crippen LogP contribution is -2.50. The highest BCUT2D eigenvalue weighted by atomic mass is 16.5. The van der Waals surface area contributed by atoms with Crippen molar-refractivity contribution in [2.24, 2.45) is 0 Å². The number of fused-ring (bicyclic) bond motifs is 1. The molecule has 1 N–H and O–H groups in total. The number of anilines is 1. The van der Waals surface area contributed by atoms with Crippen LogP contribution in [0.1, 0.15) is 0 Å². The third-order valence-electron chi connectivity index (χ3n) is 6.06. The molecule has 1 aliphatic heterocycles. The molecular formula is C25H27N7O2. The van der Waals surface area contributed by atoms with Crippen LogP contribution in [-0.2, 0) is 6.54 Å². The number of pyridine rings is 2. The molecular weight excluding hydrogens is 430 g/mol. The van der Waals surface area contributed by atoms with Crippen LogP contribution >= 0.6 is 0 Å². The van der Waals surface area contributed by atoms with E-state index in [2.05, 4.69) is 24.8 Å². The number of methoxy groups -OCH3 is 1. The highest BCUT2D eigenvalue weighted by Crippen LogP contribution is 2.23. The highest BCUT2D eigenvalue weighted by Gasteiger charge is 2.22. The smallest absolute Gasteiger partial charge is 0.321 e. The van der Waals surface area contributed by atoms with Crippen LogP contribution < -0.4 is 10.1 Å². The molecule has 174 valence electrons. The van der Waals surface area contributed by atoms with Gasteiger partial charge < -0.3 is 19.5 Å². The first-order chi connectivity index (χ1) is 16.7. The summed E-state index contributed by atoms with van der Waals surface area (Å²) in [6.45, 7) is 4.60. The van der Waals surface area contributed by atoms with Gasteiger partial charge in [0.2, 0.25) is 0 Å². The summed E-state index contributed by atoms with van der Waals surface area (Å²) >= 11 is 0. The number of nitrogens with one attached hydrogen (secondary N) is 1. The molecule has 0 spiro atoms. The fourth-order valence-corrected chi connectivity index (χ4v) is 4.21. The third-order valence-corrected chi connectivity index (χ3v) is 6.06. The minimum absolute atomic E-state index is 0.0855. The van der Waals surface area contributed by atoms with Crippen molar-refractivity contribution in [2.75, 3.05) is 45.2 Å². The van der Waals surface area contributed by atoms with Crippen LogP contribution in [0, 0.1) is 0 Å². The van der Waals surface area contributed by atoms with Gasteiger partial charge in [-0.05, 0) is 36.4 Å². The number of benzene rings is 1. The van der Waals surface area contributed by atoms with E-state index in [0.717, 1.165) is 60.2 Å². The summed E-state index contributed by atoms with van der Waals surface area (Å²) in [7, 11) is 1.61. The molecule has 9 nitrogen and oxygen atoms in total. The van der Waals surface area contributed by atoms with Crippen LogP contribution in [0.15, 0.2) is 67.1 Å². The van der Waals surface area contributed by atoms with Gasteiger partial charge in [0, 0.05) is 75.2 Å². The number of piperazine rings is 1. The Bertz CT molecular complexity index is 1270. The van der Waals surface area contributed by atoms with E-state index in [0.29, 0.717) is 13.1 Å². The Labute approximate surface area is 198 Å². The highest BCUT2D eigenvalue weighted by molar-refractivity contribution is 5.89. The molecule has 9 heteroatoms. The van der Waals surface area contributed by atoms with Crippen LogP contribution in [0.2, 0.25) is 0 Å². The lowest BCUT2D eigenvalue weighted by molar-refractivity contribution is 0.145. The first-order valence-corrected chi connectivity index (χ1v) is 11.4. The number of amides is 2. The number of imidazole rings is 1. The number of rotatable bonds is 6. The van der Waals surface area contributed by atoms with E-state index in [1.54, 1.807) is 25.7 Å². The van der Waals surface area contributed by atoms with Gasteiger partial charge in [-0.25, -0.2) is 14.8 Å². The molecule has 1 fully saturated rings. The number of carbonyl (C=O) groups is 1. The summed E-state index contributed by atoms with van der Waals surface area (Å²) in [5.41, 5.74) is 3.51. The average molecular weight is 458 g/mol. The first-order valence-electron chi connectivity index (χ1n) is 11.4. The van der Waals surface area contributed by atoms with Crippen LogP contribution in [0.3, 0.4) is 0 Å². The van der Waals surface area contributed by atoms with Gasteiger partial charge >= 0.3 is 6.03 Å². The van der Waals surface area contributed by atoms with Gasteiger partial charge in [0.05, 0.1) is 7.11 Å². The number of urea groups is 1. The average Bonchev–Trinajstić information content (AvgIpc) is 3.27. The van der Waals surface area contributed by atoms with Crippen molar-refractivity contribution >= 4 is 22.9 Å². The van der Waals surface area contributed by atoms with E-state index >= 15 is 0 Å². The second-order valence-electron chi connectivity index (χ2n) is 8.16. The normalized spacial score (nSPS) is 14.3. The molecule has 4 aromatic rings. The number of aromatic nitrogens is 4. The van der Waals surface area contributed by atoms with Gasteiger partial charge in [-0.3, -0.25) is 9.88 Å². The van der Waals surface area contributed by atoms with E-state index < -0.39 is 0 Å². The van der Waals surface area contributed by atoms with Gasteiger partial charge in [0.1, 0.15) is 17.1 Å². The first kappa shape index (κ1) is 21.8. The summed E-state index contributed by atoms with van der Waals surface area (Å²) in [5, 5.41) is 2.96. The van der Waals surface area contributed by atoms with Crippen molar-refractivity contribution < 1.29 is 9.53 Å². The molecule has 0 radical (unpaired) electrons. The van der Waals surface area contributed by atoms with Gasteiger partial charge in [0.15, 0.2) is 5.65 Å². The quantitative estimate of drug-likeness (QED) is 0.478. The third kappa shape index (κ3) is 4.69. The predicted molar refractivity (Wildman–Crippen MR) is 131 cm³/mol. The molecule has 5 rings (SSSR count). The summed E-state index contributed by atoms with van der Waals surface area (Å²) in [6.07, 6.45) is 5.36. The second-order valence-corrected chi connectivity index (χ2v) is 8.16. The van der Waals surface area contributed by atoms with Gasteiger partial charge in [0.25, 0.3) is 0 Å². The Balaban J connectivity index is 1.21. The van der Waals surface area contributed by atoms with E-state index in [1.165, 1.54) is 0 Å². The molecule has 1 aliphatic rings. The molecule has 0 atom stereocenters. The molecule has 0 aliphatic carbocycles. The second kappa shape index (κ2) is 9.88. The van der Waals surface area contributed by atoms with Crippen LogP contribution in [-0.4, -0.2) is 75.2 Å². The zero-order chi connectivity index (χ0) is 23.3. The minimum atomic E-state index is -0.0855. The Morgan fingerprint density at radius 1 is 1.00 bits per heavy atom. The largest absolute Gasteiger partial charge is 0.497 e. The summed E-state index contributed by atoms with van der Waals surface area (Å²) in [5.74, 6) is 1.61. The monoisotopic (exact) mass is 457 g/mol. The lowest BCUT2D eigenvalue weighted by Gasteiger charge is -2.34. The molecule has 1 aromatic carbocycles. The lowest BCUT2D eigenvalue weighted by atomic mass is 10.2. The standard InChI is InChI=1S/C25H27N7O2/c1-34-21-5-2-4-20(18-21)28-25(33)31-15-12-30(13-16-31)14-17-32-23(19-7-10-26-11-8-19)29-22-6-3-9-27-24(22)32/h2-11,18H,12-17H2,1H3,(H,28,33). The van der Waals surface area contributed by atoms with Gasteiger partial charge in [-0.2, -0.15) is 0 Å². The molecule has 34 heavy (non-hydrogen) atoms. The van der Waals surface area contributed by atoms with Crippen LogP contribution in [0.4, 0.5) is 10.5 Å². The Morgan fingerprint density at radius 3 is 2.62 bits per heavy atom. The maximum Gasteiger partial charge on any atom is 0.321 e. The zero-order valence-electron chi connectivity index (χ0n) is 19.1. The van der Waals surface area contributed by atoms with Crippen molar-refractivity contribution in [1.29, 1.82) is 0 Å². The number of ether oxygens (including phenoxy) is 1. The van der Waals surface area contributed by atoms with E-state index in [4.69, 9.17) is 9.72 Å². The van der Waals surface area contributed by atoms with E-state index in [-0.39, 0.29) is 6.03 Å². The summed E-state index contributed by atoms with van der Waals surface area (Å²) in [4.78, 5) is 30.4. The maximum atomic E-state index is 12.7. The number of nitrogens with zero attached hydrogens (tertiary/aromatic N) is 6. The fourth-order valence-electron chi connectivity index (χ4n) is 4.21. The van der Waals surface area contributed by atoms with Crippen molar-refractivity contribution in [3.63, 3.8) is 0 Å². The predicted octanol–water partition coefficient (Wildman–Crippen LogP) is 3.35. The molecule has 0 saturated carbocycles. The Morgan fingerprint density at radius 2 is 1.82 bits per heavy atom. The Kier molecular flexibility index (Phi) is 6.35. The molecule has 4 heterocycles. The maximum absolute atomic E-state index is 12.7. The number of hydrogen-bond donors (Lipinski definition) is 1. The van der Waals surface area contributed by atoms with Crippen molar-refractivity contribution in [2.45, 2.75) is 6.54 Å². The topological polar surface area (TPSA) is 88.4 Å². The zero-order valence-corrected chi connectivity index (χ0v) is 19.1. The number of hydrogen-bond acceptors (Lipinski definition) is 6. The summed E-state index contributed by atoms with van der Waals surface area (Å²) < 4.78 is 7.40. The SMILES string of the molecule is COc1cccc(NC(=O)N2CCN(CCn3c(-c4ccncc4)nc4cccnc43)CC2)c1. The minimum Gasteiger partial charge on any atom is -0.497 e.